The van der Waals surface area contributed by atoms with E-state index in [1.165, 1.54) is 0 Å². The van der Waals surface area contributed by atoms with Gasteiger partial charge >= 0.3 is 0 Å². The first kappa shape index (κ1) is 19.3. The summed E-state index contributed by atoms with van der Waals surface area (Å²) in [6.07, 6.45) is 0. The van der Waals surface area contributed by atoms with Gasteiger partial charge in [0.25, 0.3) is 0 Å². The van der Waals surface area contributed by atoms with E-state index in [4.69, 9.17) is 16.3 Å². The molecular weight excluding hydrogens is 336 g/mol. The first-order chi connectivity index (χ1) is 11.9. The van der Waals surface area contributed by atoms with Gasteiger partial charge in [-0.25, -0.2) is 0 Å². The Hall–Kier alpha value is -2.04. The first-order valence-corrected chi connectivity index (χ1v) is 8.77. The Kier molecular flexibility index (Phi) is 6.85. The van der Waals surface area contributed by atoms with Crippen LogP contribution in [0.4, 0.5) is 5.69 Å². The molecule has 5 heteroatoms. The van der Waals surface area contributed by atoms with Crippen molar-refractivity contribution in [2.75, 3.05) is 19.0 Å². The van der Waals surface area contributed by atoms with Crippen LogP contribution in [0.15, 0.2) is 42.5 Å². The number of halogens is 1. The number of amides is 1. The Morgan fingerprint density at radius 1 is 1.24 bits per heavy atom. The van der Waals surface area contributed by atoms with E-state index in [2.05, 4.69) is 5.32 Å². The van der Waals surface area contributed by atoms with E-state index in [0.29, 0.717) is 18.2 Å². The fourth-order valence-corrected chi connectivity index (χ4v) is 2.62. The van der Waals surface area contributed by atoms with Gasteiger partial charge in [-0.05, 0) is 63.2 Å². The van der Waals surface area contributed by atoms with Crippen molar-refractivity contribution in [2.24, 2.45) is 0 Å². The molecule has 2 aromatic carbocycles. The third-order valence-corrected chi connectivity index (χ3v) is 4.40. The molecule has 0 aromatic heterocycles. The molecule has 0 saturated heterocycles. The summed E-state index contributed by atoms with van der Waals surface area (Å²) in [6, 6.07) is 13.2. The molecule has 0 aliphatic rings. The lowest BCUT2D eigenvalue weighted by atomic mass is 10.1. The maximum absolute atomic E-state index is 12.5. The van der Waals surface area contributed by atoms with Crippen molar-refractivity contribution in [3.05, 3.63) is 58.6 Å². The van der Waals surface area contributed by atoms with E-state index < -0.39 is 0 Å². The zero-order chi connectivity index (χ0) is 18.4. The highest BCUT2D eigenvalue weighted by Crippen LogP contribution is 2.21. The van der Waals surface area contributed by atoms with Gasteiger partial charge in [0.05, 0.1) is 12.6 Å². The van der Waals surface area contributed by atoms with Gasteiger partial charge in [0.2, 0.25) is 5.91 Å². The van der Waals surface area contributed by atoms with Gasteiger partial charge in [0.1, 0.15) is 5.75 Å². The summed E-state index contributed by atoms with van der Waals surface area (Å²) in [5.41, 5.74) is 2.86. The lowest BCUT2D eigenvalue weighted by Gasteiger charge is -2.24. The number of hydrogen-bond donors (Lipinski definition) is 1. The summed E-state index contributed by atoms with van der Waals surface area (Å²) >= 11 is 6.01. The topological polar surface area (TPSA) is 41.6 Å². The fourth-order valence-electron chi connectivity index (χ4n) is 2.45. The number of likely N-dealkylation sites (N-methyl/N-ethyl adjacent to an activating group) is 1. The number of carbonyl (C=O) groups is 1. The fraction of sp³-hybridized carbons (Fsp3) is 0.350. The molecule has 0 saturated carbocycles. The number of rotatable bonds is 7. The van der Waals surface area contributed by atoms with Gasteiger partial charge in [-0.2, -0.15) is 0 Å². The van der Waals surface area contributed by atoms with Crippen molar-refractivity contribution in [2.45, 2.75) is 33.4 Å². The number of anilines is 1. The summed E-state index contributed by atoms with van der Waals surface area (Å²) in [6.45, 7) is 7.13. The number of benzene rings is 2. The molecule has 0 aliphatic carbocycles. The quantitative estimate of drug-likeness (QED) is 0.790. The molecule has 0 bridgehead atoms. The number of carbonyl (C=O) groups excluding carboxylic acids is 1. The molecule has 25 heavy (non-hydrogen) atoms. The molecule has 1 amide bonds. The number of aryl methyl sites for hydroxylation is 1. The number of nitrogens with one attached hydrogen (secondary N) is 1. The van der Waals surface area contributed by atoms with Crippen LogP contribution in [-0.2, 0) is 11.3 Å². The van der Waals surface area contributed by atoms with Crippen LogP contribution in [0.2, 0.25) is 5.02 Å². The Morgan fingerprint density at radius 2 is 1.92 bits per heavy atom. The predicted octanol–water partition coefficient (Wildman–Crippen LogP) is 4.51. The van der Waals surface area contributed by atoms with Crippen molar-refractivity contribution in [1.29, 1.82) is 0 Å². The molecule has 2 aromatic rings. The summed E-state index contributed by atoms with van der Waals surface area (Å²) < 4.78 is 5.45. The Bertz CT molecular complexity index is 716. The van der Waals surface area contributed by atoms with Gasteiger partial charge in [-0.3, -0.25) is 9.69 Å². The average Bonchev–Trinajstić information content (AvgIpc) is 2.59. The standard InChI is InChI=1S/C20H25ClN2O2/c1-5-25-18-10-7-16(8-11-18)13-23(4)15(3)20(24)22-19-12-17(21)9-6-14(19)2/h6-12,15H,5,13H2,1-4H3,(H,22,24). The van der Waals surface area contributed by atoms with Crippen LogP contribution in [0.5, 0.6) is 5.75 Å². The Morgan fingerprint density at radius 3 is 2.56 bits per heavy atom. The van der Waals surface area contributed by atoms with Gasteiger partial charge in [-0.15, -0.1) is 0 Å². The Balaban J connectivity index is 1.97. The van der Waals surface area contributed by atoms with Gasteiger partial charge in [-0.1, -0.05) is 29.8 Å². The van der Waals surface area contributed by atoms with Crippen molar-refractivity contribution in [1.82, 2.24) is 4.90 Å². The van der Waals surface area contributed by atoms with E-state index in [1.54, 1.807) is 6.07 Å². The van der Waals surface area contributed by atoms with Crippen LogP contribution >= 0.6 is 11.6 Å². The third-order valence-electron chi connectivity index (χ3n) is 4.16. The van der Waals surface area contributed by atoms with Crippen LogP contribution in [0.1, 0.15) is 25.0 Å². The highest BCUT2D eigenvalue weighted by molar-refractivity contribution is 6.31. The number of ether oxygens (including phenoxy) is 1. The normalized spacial score (nSPS) is 12.1. The van der Waals surface area contributed by atoms with E-state index in [-0.39, 0.29) is 11.9 Å². The van der Waals surface area contributed by atoms with Gasteiger partial charge < -0.3 is 10.1 Å². The average molecular weight is 361 g/mol. The van der Waals surface area contributed by atoms with Crippen LogP contribution in [-0.4, -0.2) is 30.5 Å². The molecule has 134 valence electrons. The summed E-state index contributed by atoms with van der Waals surface area (Å²) in [7, 11) is 1.94. The monoisotopic (exact) mass is 360 g/mol. The maximum atomic E-state index is 12.5. The molecule has 4 nitrogen and oxygen atoms in total. The summed E-state index contributed by atoms with van der Waals surface area (Å²) in [4.78, 5) is 14.5. The summed E-state index contributed by atoms with van der Waals surface area (Å²) in [5, 5.41) is 3.57. The minimum absolute atomic E-state index is 0.0567. The molecule has 0 fully saturated rings. The highest BCUT2D eigenvalue weighted by atomic mass is 35.5. The van der Waals surface area contributed by atoms with E-state index in [0.717, 1.165) is 22.6 Å². The molecule has 1 unspecified atom stereocenters. The molecule has 0 aliphatic heterocycles. The molecule has 2 rings (SSSR count). The maximum Gasteiger partial charge on any atom is 0.241 e. The third kappa shape index (κ3) is 5.48. The van der Waals surface area contributed by atoms with Crippen molar-refractivity contribution in [3.8, 4) is 5.75 Å². The van der Waals surface area contributed by atoms with Gasteiger partial charge in [0.15, 0.2) is 0 Å². The smallest absolute Gasteiger partial charge is 0.241 e. The molecular formula is C20H25ClN2O2. The lowest BCUT2D eigenvalue weighted by Crippen LogP contribution is -2.39. The molecule has 0 heterocycles. The molecule has 0 radical (unpaired) electrons. The number of nitrogens with zero attached hydrogens (tertiary/aromatic N) is 1. The molecule has 0 spiro atoms. The molecule has 1 N–H and O–H groups in total. The van der Waals surface area contributed by atoms with E-state index >= 15 is 0 Å². The van der Waals surface area contributed by atoms with Gasteiger partial charge in [0, 0.05) is 17.3 Å². The summed E-state index contributed by atoms with van der Waals surface area (Å²) in [5.74, 6) is 0.801. The van der Waals surface area contributed by atoms with Crippen LogP contribution < -0.4 is 10.1 Å². The zero-order valence-electron chi connectivity index (χ0n) is 15.2. The van der Waals surface area contributed by atoms with Crippen molar-refractivity contribution < 1.29 is 9.53 Å². The second-order valence-electron chi connectivity index (χ2n) is 6.12. The van der Waals surface area contributed by atoms with Crippen LogP contribution in [0.25, 0.3) is 0 Å². The highest BCUT2D eigenvalue weighted by Gasteiger charge is 2.19. The van der Waals surface area contributed by atoms with Crippen LogP contribution in [0, 0.1) is 6.92 Å². The SMILES string of the molecule is CCOc1ccc(CN(C)C(C)C(=O)Nc2cc(Cl)ccc2C)cc1. The van der Waals surface area contributed by atoms with Crippen LogP contribution in [0.3, 0.4) is 0 Å². The minimum atomic E-state index is -0.273. The Labute approximate surface area is 154 Å². The largest absolute Gasteiger partial charge is 0.494 e. The second kappa shape index (κ2) is 8.88. The second-order valence-corrected chi connectivity index (χ2v) is 6.55. The van der Waals surface area contributed by atoms with E-state index in [1.807, 2.05) is 69.1 Å². The minimum Gasteiger partial charge on any atom is -0.494 e. The number of hydrogen-bond acceptors (Lipinski definition) is 3. The zero-order valence-corrected chi connectivity index (χ0v) is 15.9. The molecule has 1 atom stereocenters. The predicted molar refractivity (Wildman–Crippen MR) is 103 cm³/mol. The first-order valence-electron chi connectivity index (χ1n) is 8.39. The van der Waals surface area contributed by atoms with Crippen molar-refractivity contribution in [3.63, 3.8) is 0 Å². The lowest BCUT2D eigenvalue weighted by molar-refractivity contribution is -0.120. The van der Waals surface area contributed by atoms with E-state index in [9.17, 15) is 4.79 Å². The van der Waals surface area contributed by atoms with Crippen molar-refractivity contribution >= 4 is 23.2 Å².